The summed E-state index contributed by atoms with van der Waals surface area (Å²) >= 11 is 6.01. The van der Waals surface area contributed by atoms with Crippen molar-refractivity contribution in [2.24, 2.45) is 5.73 Å². The number of benzene rings is 1. The summed E-state index contributed by atoms with van der Waals surface area (Å²) in [5.41, 5.74) is 7.68. The highest BCUT2D eigenvalue weighted by Gasteiger charge is 2.12. The Morgan fingerprint density at radius 2 is 2.24 bits per heavy atom. The predicted molar refractivity (Wildman–Crippen MR) is 66.7 cm³/mol. The van der Waals surface area contributed by atoms with Gasteiger partial charge in [-0.2, -0.15) is 0 Å². The number of nitrogens with two attached hydrogens (primary N) is 1. The van der Waals surface area contributed by atoms with E-state index in [0.717, 1.165) is 11.1 Å². The van der Waals surface area contributed by atoms with Crippen molar-refractivity contribution in [3.63, 3.8) is 0 Å². The van der Waals surface area contributed by atoms with Crippen LogP contribution < -0.4 is 10.5 Å². The maximum atomic E-state index is 10.5. The summed E-state index contributed by atoms with van der Waals surface area (Å²) in [4.78, 5) is 10.5. The summed E-state index contributed by atoms with van der Waals surface area (Å²) in [5, 5.41) is 9.15. The highest BCUT2D eigenvalue weighted by Crippen LogP contribution is 2.28. The van der Waals surface area contributed by atoms with Gasteiger partial charge in [0, 0.05) is 6.04 Å². The van der Waals surface area contributed by atoms with Crippen molar-refractivity contribution in [3.8, 4) is 5.75 Å². The third-order valence-electron chi connectivity index (χ3n) is 2.53. The van der Waals surface area contributed by atoms with Crippen LogP contribution in [0.2, 0.25) is 5.02 Å². The minimum absolute atomic E-state index is 0.0525. The Labute approximate surface area is 105 Å². The minimum atomic E-state index is -0.894. The van der Waals surface area contributed by atoms with Crippen LogP contribution in [0.15, 0.2) is 12.1 Å². The van der Waals surface area contributed by atoms with E-state index in [2.05, 4.69) is 0 Å². The second-order valence-corrected chi connectivity index (χ2v) is 4.38. The lowest BCUT2D eigenvalue weighted by Gasteiger charge is -2.13. The molecule has 1 rings (SSSR count). The summed E-state index contributed by atoms with van der Waals surface area (Å²) in [6, 6.07) is 3.19. The topological polar surface area (TPSA) is 72.5 Å². The number of ether oxygens (including phenoxy) is 1. The van der Waals surface area contributed by atoms with E-state index in [0.29, 0.717) is 17.2 Å². The molecule has 1 unspecified atom stereocenters. The maximum Gasteiger partial charge on any atom is 0.304 e. The number of carboxylic acid groups (broad SMARTS) is 1. The van der Waals surface area contributed by atoms with Crippen LogP contribution in [0.4, 0.5) is 0 Å². The monoisotopic (exact) mass is 257 g/mol. The van der Waals surface area contributed by atoms with Gasteiger partial charge >= 0.3 is 5.97 Å². The molecule has 1 atom stereocenters. The first-order chi connectivity index (χ1) is 7.93. The first kappa shape index (κ1) is 13.8. The largest absolute Gasteiger partial charge is 0.495 e. The van der Waals surface area contributed by atoms with Gasteiger partial charge in [0.1, 0.15) is 5.75 Å². The molecule has 94 valence electrons. The van der Waals surface area contributed by atoms with Crippen LogP contribution in [0.1, 0.15) is 17.5 Å². The molecule has 3 N–H and O–H groups in total. The van der Waals surface area contributed by atoms with E-state index in [1.54, 1.807) is 13.2 Å². The van der Waals surface area contributed by atoms with Crippen molar-refractivity contribution >= 4 is 17.6 Å². The second-order valence-electron chi connectivity index (χ2n) is 3.98. The molecular formula is C12H16ClNO3. The van der Waals surface area contributed by atoms with Crippen LogP contribution in [0, 0.1) is 6.92 Å². The third kappa shape index (κ3) is 3.91. The van der Waals surface area contributed by atoms with E-state index < -0.39 is 12.0 Å². The Morgan fingerprint density at radius 3 is 2.76 bits per heavy atom. The van der Waals surface area contributed by atoms with Gasteiger partial charge in [-0.3, -0.25) is 4.79 Å². The van der Waals surface area contributed by atoms with E-state index >= 15 is 0 Å². The summed E-state index contributed by atoms with van der Waals surface area (Å²) in [6.07, 6.45) is 0.435. The van der Waals surface area contributed by atoms with Gasteiger partial charge in [-0.15, -0.1) is 0 Å². The molecule has 0 heterocycles. The van der Waals surface area contributed by atoms with Crippen molar-refractivity contribution in [2.75, 3.05) is 7.11 Å². The van der Waals surface area contributed by atoms with Gasteiger partial charge in [0.15, 0.2) is 0 Å². The number of rotatable bonds is 5. The van der Waals surface area contributed by atoms with Gasteiger partial charge in [-0.1, -0.05) is 11.6 Å². The molecule has 1 aromatic carbocycles. The molecule has 0 spiro atoms. The number of carboxylic acids is 1. The SMILES string of the molecule is COc1cc(C)c(CC(N)CC(=O)O)cc1Cl. The Balaban J connectivity index is 2.84. The molecule has 0 amide bonds. The van der Waals surface area contributed by atoms with E-state index in [4.69, 9.17) is 27.2 Å². The van der Waals surface area contributed by atoms with Gasteiger partial charge in [0.2, 0.25) is 0 Å². The molecule has 0 aliphatic rings. The van der Waals surface area contributed by atoms with Crippen LogP contribution in [0.25, 0.3) is 0 Å². The maximum absolute atomic E-state index is 10.5. The summed E-state index contributed by atoms with van der Waals surface area (Å²) < 4.78 is 5.09. The Bertz CT molecular complexity index is 420. The highest BCUT2D eigenvalue weighted by molar-refractivity contribution is 6.32. The average Bonchev–Trinajstić information content (AvgIpc) is 2.21. The molecule has 0 aliphatic carbocycles. The van der Waals surface area contributed by atoms with Crippen molar-refractivity contribution in [2.45, 2.75) is 25.8 Å². The molecule has 0 aliphatic heterocycles. The van der Waals surface area contributed by atoms with Crippen LogP contribution in [0.5, 0.6) is 5.75 Å². The smallest absolute Gasteiger partial charge is 0.304 e. The average molecular weight is 258 g/mol. The van der Waals surface area contributed by atoms with Crippen molar-refractivity contribution in [3.05, 3.63) is 28.3 Å². The lowest BCUT2D eigenvalue weighted by molar-refractivity contribution is -0.137. The molecule has 0 saturated heterocycles. The Hall–Kier alpha value is -1.26. The third-order valence-corrected chi connectivity index (χ3v) is 2.82. The van der Waals surface area contributed by atoms with Crippen molar-refractivity contribution in [1.29, 1.82) is 0 Å². The first-order valence-corrected chi connectivity index (χ1v) is 5.62. The van der Waals surface area contributed by atoms with Crippen LogP contribution in [-0.2, 0) is 11.2 Å². The fourth-order valence-electron chi connectivity index (χ4n) is 1.65. The molecule has 0 bridgehead atoms. The lowest BCUT2D eigenvalue weighted by Crippen LogP contribution is -2.26. The highest BCUT2D eigenvalue weighted by atomic mass is 35.5. The van der Waals surface area contributed by atoms with Gasteiger partial charge in [0.25, 0.3) is 0 Å². The molecule has 5 heteroatoms. The quantitative estimate of drug-likeness (QED) is 0.846. The molecule has 1 aromatic rings. The number of halogens is 1. The van der Waals surface area contributed by atoms with Gasteiger partial charge < -0.3 is 15.6 Å². The van der Waals surface area contributed by atoms with Gasteiger partial charge in [-0.05, 0) is 36.6 Å². The molecule has 17 heavy (non-hydrogen) atoms. The first-order valence-electron chi connectivity index (χ1n) is 5.24. The van der Waals surface area contributed by atoms with Crippen LogP contribution in [-0.4, -0.2) is 24.2 Å². The van der Waals surface area contributed by atoms with Crippen molar-refractivity contribution in [1.82, 2.24) is 0 Å². The number of hydrogen-bond acceptors (Lipinski definition) is 3. The number of aryl methyl sites for hydroxylation is 1. The van der Waals surface area contributed by atoms with Crippen LogP contribution >= 0.6 is 11.6 Å². The van der Waals surface area contributed by atoms with Crippen molar-refractivity contribution < 1.29 is 14.6 Å². The fourth-order valence-corrected chi connectivity index (χ4v) is 1.91. The number of carbonyl (C=O) groups is 1. The molecule has 0 fully saturated rings. The number of aliphatic carboxylic acids is 1. The summed E-state index contributed by atoms with van der Waals surface area (Å²) in [5.74, 6) is -0.283. The lowest BCUT2D eigenvalue weighted by atomic mass is 9.99. The summed E-state index contributed by atoms with van der Waals surface area (Å²) in [6.45, 7) is 1.92. The second kappa shape index (κ2) is 5.89. The van der Waals surface area contributed by atoms with Gasteiger partial charge in [0.05, 0.1) is 18.6 Å². The Kier molecular flexibility index (Phi) is 4.78. The standard InChI is InChI=1S/C12H16ClNO3/c1-7-3-11(17-2)10(13)5-8(7)4-9(14)6-12(15)16/h3,5,9H,4,6,14H2,1-2H3,(H,15,16). The zero-order valence-corrected chi connectivity index (χ0v) is 10.6. The zero-order chi connectivity index (χ0) is 13.0. The van der Waals surface area contributed by atoms with E-state index in [1.165, 1.54) is 0 Å². The molecule has 0 saturated carbocycles. The zero-order valence-electron chi connectivity index (χ0n) is 9.87. The number of hydrogen-bond donors (Lipinski definition) is 2. The Morgan fingerprint density at radius 1 is 1.59 bits per heavy atom. The molecule has 0 radical (unpaired) electrons. The minimum Gasteiger partial charge on any atom is -0.495 e. The van der Waals surface area contributed by atoms with Crippen LogP contribution in [0.3, 0.4) is 0 Å². The molecular weight excluding hydrogens is 242 g/mol. The van der Waals surface area contributed by atoms with E-state index in [9.17, 15) is 4.79 Å². The summed E-state index contributed by atoms with van der Waals surface area (Å²) in [7, 11) is 1.55. The fraction of sp³-hybridized carbons (Fsp3) is 0.417. The number of methoxy groups -OCH3 is 1. The molecule has 0 aromatic heterocycles. The normalized spacial score (nSPS) is 12.2. The van der Waals surface area contributed by atoms with E-state index in [-0.39, 0.29) is 6.42 Å². The van der Waals surface area contributed by atoms with Gasteiger partial charge in [-0.25, -0.2) is 0 Å². The predicted octanol–water partition coefficient (Wildman–Crippen LogP) is 2.00. The van der Waals surface area contributed by atoms with E-state index in [1.807, 2.05) is 13.0 Å². The molecule has 4 nitrogen and oxygen atoms in total.